The van der Waals surface area contributed by atoms with E-state index < -0.39 is 0 Å². The molecule has 0 aromatic heterocycles. The van der Waals surface area contributed by atoms with Gasteiger partial charge in [0, 0.05) is 11.1 Å². The van der Waals surface area contributed by atoms with Gasteiger partial charge < -0.3 is 5.32 Å². The number of halogens is 1. The Balaban J connectivity index is 2.78. The Labute approximate surface area is 84.4 Å². The Bertz CT molecular complexity index is 266. The lowest BCUT2D eigenvalue weighted by atomic mass is 10.0. The summed E-state index contributed by atoms with van der Waals surface area (Å²) in [5.41, 5.74) is 1.24. The van der Waals surface area contributed by atoms with Crippen LogP contribution in [0.4, 0.5) is 0 Å². The minimum atomic E-state index is 0.342. The molecule has 1 atom stereocenters. The van der Waals surface area contributed by atoms with Gasteiger partial charge in [-0.05, 0) is 31.2 Å². The maximum Gasteiger partial charge on any atom is 0.0406 e. The first-order valence-corrected chi connectivity index (χ1v) is 4.69. The molecule has 1 rings (SSSR count). The first-order chi connectivity index (χ1) is 6.27. The number of benzene rings is 1. The van der Waals surface area contributed by atoms with Crippen LogP contribution in [0.5, 0.6) is 0 Å². The van der Waals surface area contributed by atoms with E-state index in [0.717, 1.165) is 11.4 Å². The molecule has 0 spiro atoms. The second kappa shape index (κ2) is 5.05. The van der Waals surface area contributed by atoms with Crippen LogP contribution in [0.15, 0.2) is 36.9 Å². The number of rotatable bonds is 4. The summed E-state index contributed by atoms with van der Waals surface area (Å²) in [6.45, 7) is 3.73. The van der Waals surface area contributed by atoms with Crippen LogP contribution in [-0.4, -0.2) is 7.05 Å². The van der Waals surface area contributed by atoms with E-state index in [-0.39, 0.29) is 0 Å². The molecule has 0 heterocycles. The summed E-state index contributed by atoms with van der Waals surface area (Å²) in [7, 11) is 1.95. The summed E-state index contributed by atoms with van der Waals surface area (Å²) in [4.78, 5) is 0. The third-order valence-electron chi connectivity index (χ3n) is 2.02. The molecule has 0 bridgehead atoms. The quantitative estimate of drug-likeness (QED) is 0.728. The molecule has 0 amide bonds. The normalized spacial score (nSPS) is 12.5. The van der Waals surface area contributed by atoms with Gasteiger partial charge in [0.1, 0.15) is 0 Å². The van der Waals surface area contributed by atoms with Gasteiger partial charge >= 0.3 is 0 Å². The van der Waals surface area contributed by atoms with Gasteiger partial charge in [-0.2, -0.15) is 0 Å². The molecule has 1 N–H and O–H groups in total. The smallest absolute Gasteiger partial charge is 0.0406 e. The van der Waals surface area contributed by atoms with Crippen LogP contribution in [-0.2, 0) is 0 Å². The van der Waals surface area contributed by atoms with Gasteiger partial charge in [-0.15, -0.1) is 6.58 Å². The van der Waals surface area contributed by atoms with Crippen molar-refractivity contribution in [1.29, 1.82) is 0 Å². The van der Waals surface area contributed by atoms with Crippen LogP contribution in [0, 0.1) is 0 Å². The molecular formula is C11H14ClN. The monoisotopic (exact) mass is 195 g/mol. The third kappa shape index (κ3) is 2.87. The second-order valence-electron chi connectivity index (χ2n) is 2.92. The van der Waals surface area contributed by atoms with Crippen molar-refractivity contribution in [1.82, 2.24) is 5.32 Å². The largest absolute Gasteiger partial charge is 0.313 e. The lowest BCUT2D eigenvalue weighted by molar-refractivity contribution is 0.604. The SMILES string of the molecule is C=CCC(NC)c1ccc(Cl)cc1. The molecule has 0 saturated heterocycles. The predicted molar refractivity (Wildman–Crippen MR) is 58.1 cm³/mol. The minimum Gasteiger partial charge on any atom is -0.313 e. The third-order valence-corrected chi connectivity index (χ3v) is 2.28. The first kappa shape index (κ1) is 10.3. The molecule has 1 aromatic carbocycles. The fourth-order valence-electron chi connectivity index (χ4n) is 1.28. The zero-order chi connectivity index (χ0) is 9.68. The van der Waals surface area contributed by atoms with Gasteiger partial charge in [0.15, 0.2) is 0 Å². The molecule has 13 heavy (non-hydrogen) atoms. The Hall–Kier alpha value is -0.790. The molecule has 70 valence electrons. The van der Waals surface area contributed by atoms with Crippen molar-refractivity contribution in [3.05, 3.63) is 47.5 Å². The second-order valence-corrected chi connectivity index (χ2v) is 3.35. The maximum atomic E-state index is 5.80. The average Bonchev–Trinajstić information content (AvgIpc) is 2.16. The molecule has 1 aromatic rings. The number of hydrogen-bond acceptors (Lipinski definition) is 1. The molecule has 1 unspecified atom stereocenters. The molecule has 2 heteroatoms. The van der Waals surface area contributed by atoms with Crippen LogP contribution in [0.3, 0.4) is 0 Å². The van der Waals surface area contributed by atoms with E-state index in [1.807, 2.05) is 37.4 Å². The average molecular weight is 196 g/mol. The van der Waals surface area contributed by atoms with E-state index in [2.05, 4.69) is 11.9 Å². The Kier molecular flexibility index (Phi) is 4.00. The molecule has 0 fully saturated rings. The van der Waals surface area contributed by atoms with E-state index in [1.165, 1.54) is 5.56 Å². The van der Waals surface area contributed by atoms with Crippen molar-refractivity contribution in [3.8, 4) is 0 Å². The summed E-state index contributed by atoms with van der Waals surface area (Å²) in [5.74, 6) is 0. The van der Waals surface area contributed by atoms with Crippen molar-refractivity contribution in [2.24, 2.45) is 0 Å². The van der Waals surface area contributed by atoms with Gasteiger partial charge in [-0.3, -0.25) is 0 Å². The fraction of sp³-hybridized carbons (Fsp3) is 0.273. The van der Waals surface area contributed by atoms with Crippen LogP contribution >= 0.6 is 11.6 Å². The highest BCUT2D eigenvalue weighted by atomic mass is 35.5. The number of hydrogen-bond donors (Lipinski definition) is 1. The summed E-state index contributed by atoms with van der Waals surface area (Å²) < 4.78 is 0. The fourth-order valence-corrected chi connectivity index (χ4v) is 1.41. The highest BCUT2D eigenvalue weighted by Gasteiger charge is 2.05. The number of nitrogens with one attached hydrogen (secondary N) is 1. The van der Waals surface area contributed by atoms with E-state index in [1.54, 1.807) is 0 Å². The molecule has 0 aliphatic rings. The van der Waals surface area contributed by atoms with E-state index >= 15 is 0 Å². The van der Waals surface area contributed by atoms with Crippen LogP contribution in [0.2, 0.25) is 5.02 Å². The zero-order valence-electron chi connectivity index (χ0n) is 7.76. The van der Waals surface area contributed by atoms with Crippen LogP contribution in [0.1, 0.15) is 18.0 Å². The van der Waals surface area contributed by atoms with Crippen molar-refractivity contribution in [2.45, 2.75) is 12.5 Å². The van der Waals surface area contributed by atoms with Crippen LogP contribution < -0.4 is 5.32 Å². The molecule has 0 radical (unpaired) electrons. The van der Waals surface area contributed by atoms with Gasteiger partial charge in [0.2, 0.25) is 0 Å². The van der Waals surface area contributed by atoms with Crippen LogP contribution in [0.25, 0.3) is 0 Å². The van der Waals surface area contributed by atoms with E-state index in [9.17, 15) is 0 Å². The topological polar surface area (TPSA) is 12.0 Å². The Morgan fingerprint density at radius 1 is 1.46 bits per heavy atom. The summed E-state index contributed by atoms with van der Waals surface area (Å²) in [6.07, 6.45) is 2.84. The Morgan fingerprint density at radius 2 is 2.08 bits per heavy atom. The molecular weight excluding hydrogens is 182 g/mol. The predicted octanol–water partition coefficient (Wildman–Crippen LogP) is 3.18. The van der Waals surface area contributed by atoms with Crippen molar-refractivity contribution < 1.29 is 0 Å². The van der Waals surface area contributed by atoms with Crippen molar-refractivity contribution in [2.75, 3.05) is 7.05 Å². The standard InChI is InChI=1S/C11H14ClN/c1-3-4-11(13-2)9-5-7-10(12)8-6-9/h3,5-8,11,13H,1,4H2,2H3. The first-order valence-electron chi connectivity index (χ1n) is 4.31. The lowest BCUT2D eigenvalue weighted by Gasteiger charge is -2.14. The van der Waals surface area contributed by atoms with E-state index in [0.29, 0.717) is 6.04 Å². The summed E-state index contributed by atoms with van der Waals surface area (Å²) >= 11 is 5.80. The van der Waals surface area contributed by atoms with Gasteiger partial charge in [-0.1, -0.05) is 29.8 Å². The summed E-state index contributed by atoms with van der Waals surface area (Å²) in [5, 5.41) is 4.00. The highest BCUT2D eigenvalue weighted by molar-refractivity contribution is 6.30. The summed E-state index contributed by atoms with van der Waals surface area (Å²) in [6, 6.07) is 8.23. The molecule has 1 nitrogen and oxygen atoms in total. The van der Waals surface area contributed by atoms with Gasteiger partial charge in [0.05, 0.1) is 0 Å². The molecule has 0 saturated carbocycles. The Morgan fingerprint density at radius 3 is 2.54 bits per heavy atom. The zero-order valence-corrected chi connectivity index (χ0v) is 8.51. The van der Waals surface area contributed by atoms with Gasteiger partial charge in [0.25, 0.3) is 0 Å². The lowest BCUT2D eigenvalue weighted by Crippen LogP contribution is -2.15. The van der Waals surface area contributed by atoms with Crippen molar-refractivity contribution in [3.63, 3.8) is 0 Å². The van der Waals surface area contributed by atoms with E-state index in [4.69, 9.17) is 11.6 Å². The minimum absolute atomic E-state index is 0.342. The molecule has 0 aliphatic heterocycles. The van der Waals surface area contributed by atoms with Gasteiger partial charge in [-0.25, -0.2) is 0 Å². The molecule has 0 aliphatic carbocycles. The maximum absolute atomic E-state index is 5.80. The van der Waals surface area contributed by atoms with Crippen molar-refractivity contribution >= 4 is 11.6 Å². The highest BCUT2D eigenvalue weighted by Crippen LogP contribution is 2.18.